The van der Waals surface area contributed by atoms with E-state index in [1.54, 1.807) is 0 Å². The first kappa shape index (κ1) is 4.34. The van der Waals surface area contributed by atoms with Crippen LogP contribution in [0.3, 0.4) is 0 Å². The van der Waals surface area contributed by atoms with Gasteiger partial charge in [0, 0.05) is 12.3 Å². The monoisotopic (exact) mass is 103 g/mol. The van der Waals surface area contributed by atoms with Crippen LogP contribution in [0, 0.1) is 0 Å². The number of nitrogens with one attached hydrogen (secondary N) is 1. The van der Waals surface area contributed by atoms with Crippen molar-refractivity contribution < 1.29 is 0 Å². The van der Waals surface area contributed by atoms with Crippen LogP contribution < -0.4 is 4.72 Å². The fraction of sp³-hybridized carbons (Fsp3) is 0.750. The highest BCUT2D eigenvalue weighted by atomic mass is 32.2. The average molecular weight is 103 g/mol. The van der Waals surface area contributed by atoms with Crippen LogP contribution in [0.25, 0.3) is 0 Å². The van der Waals surface area contributed by atoms with Crippen LogP contribution in [0.1, 0.15) is 6.42 Å². The van der Waals surface area contributed by atoms with Gasteiger partial charge in [-0.15, -0.1) is 10.7 Å². The van der Waals surface area contributed by atoms with Crippen LogP contribution in [-0.2, 0) is 0 Å². The lowest BCUT2D eigenvalue weighted by Crippen LogP contribution is -1.94. The van der Waals surface area contributed by atoms with E-state index in [1.165, 1.54) is 18.7 Å². The Hall–Kier alpha value is 0.180. The molecule has 1 atom stereocenters. The Labute approximate surface area is 40.8 Å². The zero-order chi connectivity index (χ0) is 4.41. The Kier molecular flexibility index (Phi) is 1.27. The van der Waals surface area contributed by atoms with Gasteiger partial charge in [-0.1, -0.05) is 5.87 Å². The van der Waals surface area contributed by atoms with Crippen molar-refractivity contribution in [3.8, 4) is 0 Å². The third-order valence-corrected chi connectivity index (χ3v) is 2.27. The highest BCUT2D eigenvalue weighted by Gasteiger charge is 1.97. The van der Waals surface area contributed by atoms with Gasteiger partial charge in [-0.25, -0.2) is 0 Å². The molecule has 0 saturated carbocycles. The Balaban J connectivity index is 2.37. The van der Waals surface area contributed by atoms with Gasteiger partial charge in [0.2, 0.25) is 0 Å². The minimum Gasteiger partial charge on any atom is -0.270 e. The number of hydrogen-bond acceptors (Lipinski definition) is 1. The third-order valence-electron chi connectivity index (χ3n) is 0.874. The number of hydrogen-bond donors (Lipinski definition) is 1. The standard InChI is InChI=1S/C4H9NS/c1-6-4-2-3-5-6/h5H,1-4H2. The molecule has 1 fully saturated rings. The van der Waals surface area contributed by atoms with Crippen LogP contribution in [0.15, 0.2) is 0 Å². The van der Waals surface area contributed by atoms with Crippen molar-refractivity contribution >= 4 is 16.5 Å². The molecule has 1 nitrogen and oxygen atoms in total. The zero-order valence-corrected chi connectivity index (χ0v) is 4.55. The molecule has 1 aliphatic rings. The molecular weight excluding hydrogens is 94.1 g/mol. The summed E-state index contributed by atoms with van der Waals surface area (Å²) in [6.45, 7) is 1.19. The normalized spacial score (nSPS) is 34.3. The van der Waals surface area contributed by atoms with Crippen molar-refractivity contribution in [2.45, 2.75) is 6.42 Å². The quantitative estimate of drug-likeness (QED) is 0.443. The topological polar surface area (TPSA) is 12.0 Å². The largest absolute Gasteiger partial charge is 0.270 e. The summed E-state index contributed by atoms with van der Waals surface area (Å²) in [6, 6.07) is 0. The SMILES string of the molecule is C=S1CCCN1. The molecule has 1 heterocycles. The summed E-state index contributed by atoms with van der Waals surface area (Å²) >= 11 is 0. The maximum atomic E-state index is 3.85. The van der Waals surface area contributed by atoms with E-state index < -0.39 is 0 Å². The van der Waals surface area contributed by atoms with Gasteiger partial charge in [-0.05, 0) is 6.42 Å². The summed E-state index contributed by atoms with van der Waals surface area (Å²) in [5, 5.41) is 0. The lowest BCUT2D eigenvalue weighted by molar-refractivity contribution is 0.940. The van der Waals surface area contributed by atoms with Crippen LogP contribution in [-0.4, -0.2) is 18.2 Å². The molecule has 0 aromatic carbocycles. The second kappa shape index (κ2) is 1.76. The van der Waals surface area contributed by atoms with E-state index in [4.69, 9.17) is 0 Å². The maximum absolute atomic E-state index is 3.85. The Morgan fingerprint density at radius 2 is 2.50 bits per heavy atom. The average Bonchev–Trinajstić information content (AvgIpc) is 1.86. The molecule has 1 saturated heterocycles. The van der Waals surface area contributed by atoms with E-state index in [1.807, 2.05) is 0 Å². The summed E-state index contributed by atoms with van der Waals surface area (Å²) in [7, 11) is 0.327. The predicted molar refractivity (Wildman–Crippen MR) is 32.2 cm³/mol. The summed E-state index contributed by atoms with van der Waals surface area (Å²) in [4.78, 5) is 0. The summed E-state index contributed by atoms with van der Waals surface area (Å²) in [6.07, 6.45) is 1.33. The van der Waals surface area contributed by atoms with Gasteiger partial charge < -0.3 is 0 Å². The van der Waals surface area contributed by atoms with Gasteiger partial charge >= 0.3 is 0 Å². The molecule has 0 aromatic heterocycles. The number of rotatable bonds is 0. The van der Waals surface area contributed by atoms with E-state index in [0.717, 1.165) is 0 Å². The minimum atomic E-state index is 0.327. The molecule has 2 heteroatoms. The Bertz CT molecular complexity index is 61.9. The van der Waals surface area contributed by atoms with E-state index in [2.05, 4.69) is 10.6 Å². The first-order valence-corrected chi connectivity index (χ1v) is 3.70. The van der Waals surface area contributed by atoms with E-state index in [-0.39, 0.29) is 0 Å². The van der Waals surface area contributed by atoms with Crippen LogP contribution in [0.4, 0.5) is 0 Å². The fourth-order valence-corrected chi connectivity index (χ4v) is 1.61. The highest BCUT2D eigenvalue weighted by Crippen LogP contribution is 2.10. The minimum absolute atomic E-state index is 0.327. The first-order chi connectivity index (χ1) is 2.89. The molecule has 36 valence electrons. The molecule has 1 aliphatic heterocycles. The van der Waals surface area contributed by atoms with Crippen LogP contribution >= 0.6 is 10.7 Å². The second-order valence-corrected chi connectivity index (χ2v) is 3.13. The molecule has 1 unspecified atom stereocenters. The molecule has 0 aromatic rings. The molecule has 1 N–H and O–H groups in total. The molecule has 0 radical (unpaired) electrons. The van der Waals surface area contributed by atoms with Gasteiger partial charge in [-0.2, -0.15) is 0 Å². The Morgan fingerprint density at radius 1 is 1.67 bits per heavy atom. The van der Waals surface area contributed by atoms with Crippen molar-refractivity contribution in [1.82, 2.24) is 4.72 Å². The fourth-order valence-electron chi connectivity index (χ4n) is 0.535. The van der Waals surface area contributed by atoms with Crippen molar-refractivity contribution in [3.05, 3.63) is 0 Å². The smallest absolute Gasteiger partial charge is 0.00617 e. The molecule has 0 amide bonds. The molecule has 1 rings (SSSR count). The van der Waals surface area contributed by atoms with Gasteiger partial charge in [0.05, 0.1) is 0 Å². The van der Waals surface area contributed by atoms with E-state index in [9.17, 15) is 0 Å². The van der Waals surface area contributed by atoms with Gasteiger partial charge in [0.25, 0.3) is 0 Å². The van der Waals surface area contributed by atoms with Gasteiger partial charge in [0.1, 0.15) is 0 Å². The van der Waals surface area contributed by atoms with Crippen molar-refractivity contribution in [1.29, 1.82) is 0 Å². The van der Waals surface area contributed by atoms with Crippen molar-refractivity contribution in [2.75, 3.05) is 12.3 Å². The summed E-state index contributed by atoms with van der Waals surface area (Å²) in [5.41, 5.74) is 0. The molecule has 0 spiro atoms. The van der Waals surface area contributed by atoms with Gasteiger partial charge in [-0.3, -0.25) is 4.72 Å². The lowest BCUT2D eigenvalue weighted by Gasteiger charge is -1.87. The van der Waals surface area contributed by atoms with Gasteiger partial charge in [0.15, 0.2) is 0 Å². The molecular formula is C4H9NS. The Morgan fingerprint density at radius 3 is 2.67 bits per heavy atom. The summed E-state index contributed by atoms with van der Waals surface area (Å²) < 4.78 is 3.24. The van der Waals surface area contributed by atoms with Crippen LogP contribution in [0.5, 0.6) is 0 Å². The van der Waals surface area contributed by atoms with Crippen LogP contribution in [0.2, 0.25) is 0 Å². The van der Waals surface area contributed by atoms with Crippen molar-refractivity contribution in [2.24, 2.45) is 0 Å². The summed E-state index contributed by atoms with van der Waals surface area (Å²) in [5.74, 6) is 5.15. The third kappa shape index (κ3) is 0.820. The molecule has 0 aliphatic carbocycles. The predicted octanol–water partition coefficient (Wildman–Crippen LogP) is 0.596. The zero-order valence-electron chi connectivity index (χ0n) is 3.74. The van der Waals surface area contributed by atoms with E-state index in [0.29, 0.717) is 10.7 Å². The van der Waals surface area contributed by atoms with Crippen molar-refractivity contribution in [3.63, 3.8) is 0 Å². The molecule has 0 bridgehead atoms. The highest BCUT2D eigenvalue weighted by molar-refractivity contribution is 8.12. The first-order valence-electron chi connectivity index (χ1n) is 2.14. The second-order valence-electron chi connectivity index (χ2n) is 1.44. The maximum Gasteiger partial charge on any atom is 0.00617 e. The lowest BCUT2D eigenvalue weighted by atomic mass is 10.5. The molecule has 6 heavy (non-hydrogen) atoms. The van der Waals surface area contributed by atoms with E-state index >= 15 is 0 Å².